The Morgan fingerprint density at radius 2 is 1.94 bits per heavy atom. The van der Waals surface area contributed by atoms with Crippen LogP contribution in [0.15, 0.2) is 0 Å². The van der Waals surface area contributed by atoms with Crippen molar-refractivity contribution in [3.8, 4) is 0 Å². The van der Waals surface area contributed by atoms with Crippen molar-refractivity contribution in [1.82, 2.24) is 5.32 Å². The smallest absolute Gasteiger partial charge is 0.0121 e. The molecular formula is C15H29N. The van der Waals surface area contributed by atoms with Crippen LogP contribution in [0.3, 0.4) is 0 Å². The molecule has 0 aliphatic heterocycles. The van der Waals surface area contributed by atoms with Crippen LogP contribution in [-0.4, -0.2) is 12.6 Å². The van der Waals surface area contributed by atoms with E-state index in [0.717, 1.165) is 12.0 Å². The van der Waals surface area contributed by atoms with Crippen LogP contribution in [0, 0.1) is 11.3 Å². The van der Waals surface area contributed by atoms with Gasteiger partial charge in [0.1, 0.15) is 0 Å². The van der Waals surface area contributed by atoms with Crippen LogP contribution in [0.5, 0.6) is 0 Å². The monoisotopic (exact) mass is 223 g/mol. The van der Waals surface area contributed by atoms with Crippen LogP contribution < -0.4 is 5.32 Å². The lowest BCUT2D eigenvalue weighted by molar-refractivity contribution is 0.205. The second-order valence-corrected chi connectivity index (χ2v) is 6.39. The molecule has 0 heterocycles. The highest BCUT2D eigenvalue weighted by molar-refractivity contribution is 4.92. The van der Waals surface area contributed by atoms with E-state index in [1.807, 2.05) is 0 Å². The van der Waals surface area contributed by atoms with Gasteiger partial charge in [-0.25, -0.2) is 0 Å². The Balaban J connectivity index is 1.83. The van der Waals surface area contributed by atoms with E-state index in [0.29, 0.717) is 5.41 Å². The lowest BCUT2D eigenvalue weighted by atomic mass is 9.78. The highest BCUT2D eigenvalue weighted by Gasteiger charge is 2.37. The maximum Gasteiger partial charge on any atom is 0.0121 e. The molecule has 0 amide bonds. The summed E-state index contributed by atoms with van der Waals surface area (Å²) < 4.78 is 0. The van der Waals surface area contributed by atoms with E-state index in [2.05, 4.69) is 19.2 Å². The van der Waals surface area contributed by atoms with Crippen LogP contribution >= 0.6 is 0 Å². The van der Waals surface area contributed by atoms with Crippen molar-refractivity contribution >= 4 is 0 Å². The Labute approximate surface area is 101 Å². The summed E-state index contributed by atoms with van der Waals surface area (Å²) in [6, 6.07) is 0.801. The maximum atomic E-state index is 3.84. The molecule has 2 saturated carbocycles. The van der Waals surface area contributed by atoms with Gasteiger partial charge in [0.15, 0.2) is 0 Å². The maximum absolute atomic E-state index is 3.84. The van der Waals surface area contributed by atoms with E-state index in [9.17, 15) is 0 Å². The summed E-state index contributed by atoms with van der Waals surface area (Å²) in [5, 5.41) is 3.84. The van der Waals surface area contributed by atoms with Gasteiger partial charge in [-0.15, -0.1) is 0 Å². The highest BCUT2D eigenvalue weighted by atomic mass is 14.9. The molecule has 2 rings (SSSR count). The van der Waals surface area contributed by atoms with Gasteiger partial charge < -0.3 is 5.32 Å². The fourth-order valence-electron chi connectivity index (χ4n) is 3.36. The Morgan fingerprint density at radius 3 is 2.50 bits per heavy atom. The van der Waals surface area contributed by atoms with Crippen molar-refractivity contribution in [2.75, 3.05) is 6.54 Å². The average Bonchev–Trinajstić information content (AvgIpc) is 3.00. The summed E-state index contributed by atoms with van der Waals surface area (Å²) in [7, 11) is 0. The van der Waals surface area contributed by atoms with Crippen molar-refractivity contribution in [3.05, 3.63) is 0 Å². The molecule has 0 bridgehead atoms. The zero-order chi connectivity index (χ0) is 11.4. The van der Waals surface area contributed by atoms with Crippen molar-refractivity contribution in [1.29, 1.82) is 0 Å². The van der Waals surface area contributed by atoms with Gasteiger partial charge in [0.05, 0.1) is 0 Å². The standard InChI is InChI=1S/C15H29N/c1-3-12-16-14(9-8-13-6-7-13)15(2)10-4-5-11-15/h13-14,16H,3-12H2,1-2H3. The molecule has 1 unspecified atom stereocenters. The zero-order valence-corrected chi connectivity index (χ0v) is 11.2. The lowest BCUT2D eigenvalue weighted by Gasteiger charge is -2.35. The summed E-state index contributed by atoms with van der Waals surface area (Å²) in [5.74, 6) is 1.09. The number of nitrogens with one attached hydrogen (secondary N) is 1. The van der Waals surface area contributed by atoms with Crippen LogP contribution in [-0.2, 0) is 0 Å². The first kappa shape index (κ1) is 12.4. The van der Waals surface area contributed by atoms with Crippen LogP contribution in [0.1, 0.15) is 71.6 Å². The third kappa shape index (κ3) is 3.23. The van der Waals surface area contributed by atoms with Gasteiger partial charge in [-0.1, -0.05) is 39.5 Å². The first-order chi connectivity index (χ1) is 7.74. The largest absolute Gasteiger partial charge is 0.313 e. The molecule has 16 heavy (non-hydrogen) atoms. The summed E-state index contributed by atoms with van der Waals surface area (Å²) in [6.45, 7) is 6.02. The molecule has 2 aliphatic carbocycles. The minimum atomic E-state index is 0.615. The molecule has 0 aromatic carbocycles. The van der Waals surface area contributed by atoms with Crippen molar-refractivity contribution < 1.29 is 0 Å². The van der Waals surface area contributed by atoms with E-state index >= 15 is 0 Å². The normalized spacial score (nSPS) is 25.9. The highest BCUT2D eigenvalue weighted by Crippen LogP contribution is 2.43. The minimum absolute atomic E-state index is 0.615. The van der Waals surface area contributed by atoms with E-state index < -0.39 is 0 Å². The molecule has 1 heteroatoms. The summed E-state index contributed by atoms with van der Waals surface area (Å²) in [5.41, 5.74) is 0.615. The van der Waals surface area contributed by atoms with Gasteiger partial charge in [0.2, 0.25) is 0 Å². The van der Waals surface area contributed by atoms with Crippen LogP contribution in [0.25, 0.3) is 0 Å². The Morgan fingerprint density at radius 1 is 1.25 bits per heavy atom. The summed E-state index contributed by atoms with van der Waals surface area (Å²) in [6.07, 6.45) is 13.1. The van der Waals surface area contributed by atoms with E-state index in [4.69, 9.17) is 0 Å². The SMILES string of the molecule is CCCNC(CCC1CC1)C1(C)CCCC1. The molecule has 0 aromatic rings. The third-order valence-corrected chi connectivity index (χ3v) is 4.79. The molecule has 0 aromatic heterocycles. The number of hydrogen-bond acceptors (Lipinski definition) is 1. The van der Waals surface area contributed by atoms with E-state index in [1.165, 1.54) is 64.3 Å². The topological polar surface area (TPSA) is 12.0 Å². The number of rotatable bonds is 7. The van der Waals surface area contributed by atoms with Gasteiger partial charge in [-0.2, -0.15) is 0 Å². The van der Waals surface area contributed by atoms with Crippen molar-refractivity contribution in [2.24, 2.45) is 11.3 Å². The van der Waals surface area contributed by atoms with Crippen molar-refractivity contribution in [2.45, 2.75) is 77.7 Å². The summed E-state index contributed by atoms with van der Waals surface area (Å²) >= 11 is 0. The zero-order valence-electron chi connectivity index (χ0n) is 11.2. The van der Waals surface area contributed by atoms with Gasteiger partial charge in [0.25, 0.3) is 0 Å². The minimum Gasteiger partial charge on any atom is -0.313 e. The molecule has 2 aliphatic rings. The number of hydrogen-bond donors (Lipinski definition) is 1. The second kappa shape index (κ2) is 5.53. The first-order valence-electron chi connectivity index (χ1n) is 7.48. The van der Waals surface area contributed by atoms with Gasteiger partial charge in [-0.05, 0) is 50.0 Å². The second-order valence-electron chi connectivity index (χ2n) is 6.39. The fourth-order valence-corrected chi connectivity index (χ4v) is 3.36. The van der Waals surface area contributed by atoms with Gasteiger partial charge in [0, 0.05) is 6.04 Å². The van der Waals surface area contributed by atoms with Gasteiger partial charge in [-0.3, -0.25) is 0 Å². The van der Waals surface area contributed by atoms with E-state index in [1.54, 1.807) is 0 Å². The molecule has 0 spiro atoms. The fraction of sp³-hybridized carbons (Fsp3) is 1.00. The van der Waals surface area contributed by atoms with Crippen molar-refractivity contribution in [3.63, 3.8) is 0 Å². The molecule has 1 nitrogen and oxygen atoms in total. The summed E-state index contributed by atoms with van der Waals surface area (Å²) in [4.78, 5) is 0. The quantitative estimate of drug-likeness (QED) is 0.684. The van der Waals surface area contributed by atoms with Crippen LogP contribution in [0.4, 0.5) is 0 Å². The Kier molecular flexibility index (Phi) is 4.29. The molecule has 1 N–H and O–H groups in total. The first-order valence-corrected chi connectivity index (χ1v) is 7.48. The lowest BCUT2D eigenvalue weighted by Crippen LogP contribution is -2.42. The molecular weight excluding hydrogens is 194 g/mol. The van der Waals surface area contributed by atoms with Gasteiger partial charge >= 0.3 is 0 Å². The predicted octanol–water partition coefficient (Wildman–Crippen LogP) is 4.13. The Bertz CT molecular complexity index is 201. The molecule has 0 radical (unpaired) electrons. The van der Waals surface area contributed by atoms with E-state index in [-0.39, 0.29) is 0 Å². The molecule has 94 valence electrons. The van der Waals surface area contributed by atoms with Crippen LogP contribution in [0.2, 0.25) is 0 Å². The third-order valence-electron chi connectivity index (χ3n) is 4.79. The average molecular weight is 223 g/mol. The molecule has 1 atom stereocenters. The molecule has 2 fully saturated rings. The molecule has 0 saturated heterocycles. The predicted molar refractivity (Wildman–Crippen MR) is 70.6 cm³/mol. The Hall–Kier alpha value is -0.0400.